The number of halogens is 1. The number of aromatic nitrogens is 3. The third-order valence-corrected chi connectivity index (χ3v) is 4.33. The van der Waals surface area contributed by atoms with Gasteiger partial charge < -0.3 is 0 Å². The van der Waals surface area contributed by atoms with Gasteiger partial charge in [0.1, 0.15) is 10.7 Å². The largest absolute Gasteiger partial charge is 0.240 e. The Balaban J connectivity index is 1.98. The molecule has 2 aromatic carbocycles. The molecule has 0 aliphatic carbocycles. The molecule has 4 aromatic rings. The van der Waals surface area contributed by atoms with Crippen LogP contribution in [0.4, 0.5) is 0 Å². The molecule has 2 heterocycles. The maximum Gasteiger partial charge on any atom is 0.158 e. The summed E-state index contributed by atoms with van der Waals surface area (Å²) >= 11 is 7.83. The van der Waals surface area contributed by atoms with Crippen LogP contribution in [0.25, 0.3) is 32.0 Å². The highest BCUT2D eigenvalue weighted by Crippen LogP contribution is 2.33. The van der Waals surface area contributed by atoms with Gasteiger partial charge >= 0.3 is 0 Å². The van der Waals surface area contributed by atoms with Crippen LogP contribution in [0.5, 0.6) is 0 Å². The Bertz CT molecular complexity index is 900. The molecule has 0 saturated carbocycles. The van der Waals surface area contributed by atoms with E-state index in [1.165, 1.54) is 0 Å². The number of benzene rings is 2. The molecule has 0 bridgehead atoms. The Morgan fingerprint density at radius 3 is 2.15 bits per heavy atom. The van der Waals surface area contributed by atoms with E-state index in [2.05, 4.69) is 15.0 Å². The fourth-order valence-corrected chi connectivity index (χ4v) is 3.32. The summed E-state index contributed by atoms with van der Waals surface area (Å²) in [5.74, 6) is 0. The summed E-state index contributed by atoms with van der Waals surface area (Å²) in [5, 5.41) is 1.19. The molecule has 4 rings (SSSR count). The molecule has 3 nitrogen and oxygen atoms in total. The Morgan fingerprint density at radius 2 is 1.40 bits per heavy atom. The molecule has 2 aromatic heterocycles. The number of para-hydroxylation sites is 3. The first-order chi connectivity index (χ1) is 9.81. The van der Waals surface area contributed by atoms with Gasteiger partial charge in [0.05, 0.1) is 21.3 Å². The molecule has 0 unspecified atom stereocenters. The molecule has 0 amide bonds. The smallest absolute Gasteiger partial charge is 0.158 e. The number of hydrogen-bond acceptors (Lipinski definition) is 4. The second-order valence-corrected chi connectivity index (χ2v) is 5.73. The highest BCUT2D eigenvalue weighted by Gasteiger charge is 2.13. The summed E-state index contributed by atoms with van der Waals surface area (Å²) in [4.78, 5) is 13.6. The lowest BCUT2D eigenvalue weighted by Crippen LogP contribution is -1.90. The van der Waals surface area contributed by atoms with Crippen molar-refractivity contribution < 1.29 is 0 Å². The summed E-state index contributed by atoms with van der Waals surface area (Å²) in [5.41, 5.74) is 3.22. The van der Waals surface area contributed by atoms with E-state index in [4.69, 9.17) is 11.6 Å². The maximum absolute atomic E-state index is 6.26. The van der Waals surface area contributed by atoms with Crippen molar-refractivity contribution in [3.05, 3.63) is 53.7 Å². The Labute approximate surface area is 123 Å². The van der Waals surface area contributed by atoms with Crippen molar-refractivity contribution in [2.45, 2.75) is 0 Å². The lowest BCUT2D eigenvalue weighted by atomic mass is 10.3. The molecule has 5 heteroatoms. The quantitative estimate of drug-likeness (QED) is 0.517. The number of fused-ring (bicyclic) bond motifs is 2. The fraction of sp³-hybridized carbons (Fsp3) is 0. The van der Waals surface area contributed by atoms with E-state index in [0.717, 1.165) is 26.3 Å². The van der Waals surface area contributed by atoms with Crippen molar-refractivity contribution in [2.24, 2.45) is 0 Å². The normalized spacial score (nSPS) is 11.2. The number of thiazole rings is 1. The minimum atomic E-state index is 0.391. The van der Waals surface area contributed by atoms with Crippen LogP contribution in [-0.2, 0) is 0 Å². The molecule has 0 atom stereocenters. The van der Waals surface area contributed by atoms with Crippen molar-refractivity contribution in [3.63, 3.8) is 0 Å². The molecule has 0 radical (unpaired) electrons. The monoisotopic (exact) mass is 297 g/mol. The lowest BCUT2D eigenvalue weighted by molar-refractivity contribution is 1.28. The van der Waals surface area contributed by atoms with Gasteiger partial charge in [0, 0.05) is 0 Å². The molecule has 0 aliphatic heterocycles. The van der Waals surface area contributed by atoms with Crippen LogP contribution in [0.3, 0.4) is 0 Å². The summed E-state index contributed by atoms with van der Waals surface area (Å²) in [7, 11) is 0. The highest BCUT2D eigenvalue weighted by atomic mass is 35.5. The minimum absolute atomic E-state index is 0.391. The van der Waals surface area contributed by atoms with Gasteiger partial charge in [-0.05, 0) is 24.3 Å². The molecular weight excluding hydrogens is 290 g/mol. The van der Waals surface area contributed by atoms with Gasteiger partial charge in [-0.2, -0.15) is 0 Å². The first kappa shape index (κ1) is 11.8. The molecular formula is C15H8ClN3S. The maximum atomic E-state index is 6.26. The summed E-state index contributed by atoms with van der Waals surface area (Å²) in [6.07, 6.45) is 0. The average Bonchev–Trinajstić information content (AvgIpc) is 2.90. The van der Waals surface area contributed by atoms with E-state index in [1.807, 2.05) is 48.5 Å². The minimum Gasteiger partial charge on any atom is -0.240 e. The van der Waals surface area contributed by atoms with Crippen LogP contribution in [-0.4, -0.2) is 15.0 Å². The van der Waals surface area contributed by atoms with Crippen molar-refractivity contribution in [2.75, 3.05) is 0 Å². The van der Waals surface area contributed by atoms with E-state index in [-0.39, 0.29) is 0 Å². The molecule has 0 fully saturated rings. The zero-order valence-electron chi connectivity index (χ0n) is 10.2. The zero-order chi connectivity index (χ0) is 13.5. The molecule has 96 valence electrons. The highest BCUT2D eigenvalue weighted by molar-refractivity contribution is 7.21. The van der Waals surface area contributed by atoms with Gasteiger partial charge in [0.2, 0.25) is 0 Å². The Kier molecular flexibility index (Phi) is 2.65. The Hall–Kier alpha value is -2.04. The van der Waals surface area contributed by atoms with Crippen molar-refractivity contribution >= 4 is 44.2 Å². The van der Waals surface area contributed by atoms with Crippen molar-refractivity contribution in [3.8, 4) is 10.7 Å². The van der Waals surface area contributed by atoms with E-state index in [1.54, 1.807) is 11.3 Å². The summed E-state index contributed by atoms with van der Waals surface area (Å²) in [6, 6.07) is 15.7. The Morgan fingerprint density at radius 1 is 0.750 bits per heavy atom. The van der Waals surface area contributed by atoms with Crippen LogP contribution in [0.2, 0.25) is 5.15 Å². The van der Waals surface area contributed by atoms with Crippen LogP contribution in [0, 0.1) is 0 Å². The van der Waals surface area contributed by atoms with E-state index in [9.17, 15) is 0 Å². The van der Waals surface area contributed by atoms with Gasteiger partial charge in [0.25, 0.3) is 0 Å². The number of rotatable bonds is 1. The fourth-order valence-electron chi connectivity index (χ4n) is 2.09. The number of hydrogen-bond donors (Lipinski definition) is 0. The van der Waals surface area contributed by atoms with E-state index >= 15 is 0 Å². The molecule has 0 saturated heterocycles. The van der Waals surface area contributed by atoms with Gasteiger partial charge in [-0.15, -0.1) is 11.3 Å². The van der Waals surface area contributed by atoms with Crippen LogP contribution in [0.1, 0.15) is 0 Å². The second kappa shape index (κ2) is 4.51. The van der Waals surface area contributed by atoms with Crippen molar-refractivity contribution in [1.29, 1.82) is 0 Å². The van der Waals surface area contributed by atoms with Crippen LogP contribution >= 0.6 is 22.9 Å². The third kappa shape index (κ3) is 1.85. The first-order valence-corrected chi connectivity index (χ1v) is 7.29. The summed E-state index contributed by atoms with van der Waals surface area (Å²) in [6.45, 7) is 0. The predicted octanol–water partition coefficient (Wildman–Crippen LogP) is 4.56. The lowest BCUT2D eigenvalue weighted by Gasteiger charge is -2.01. The van der Waals surface area contributed by atoms with Gasteiger partial charge in [-0.25, -0.2) is 15.0 Å². The first-order valence-electron chi connectivity index (χ1n) is 6.09. The average molecular weight is 298 g/mol. The van der Waals surface area contributed by atoms with Gasteiger partial charge in [-0.3, -0.25) is 0 Å². The predicted molar refractivity (Wildman–Crippen MR) is 83.2 cm³/mol. The van der Waals surface area contributed by atoms with Crippen molar-refractivity contribution in [1.82, 2.24) is 15.0 Å². The van der Waals surface area contributed by atoms with Crippen LogP contribution < -0.4 is 0 Å². The van der Waals surface area contributed by atoms with Gasteiger partial charge in [0.15, 0.2) is 5.15 Å². The number of nitrogens with zero attached hydrogens (tertiary/aromatic N) is 3. The zero-order valence-corrected chi connectivity index (χ0v) is 11.8. The van der Waals surface area contributed by atoms with E-state index in [0.29, 0.717) is 10.8 Å². The summed E-state index contributed by atoms with van der Waals surface area (Å²) < 4.78 is 1.12. The SMILES string of the molecule is Clc1nc2ccccc2nc1-c1nc2ccccc2s1. The molecule has 0 spiro atoms. The third-order valence-electron chi connectivity index (χ3n) is 3.02. The molecule has 0 N–H and O–H groups in total. The van der Waals surface area contributed by atoms with Crippen LogP contribution in [0.15, 0.2) is 48.5 Å². The topological polar surface area (TPSA) is 38.7 Å². The molecule has 0 aliphatic rings. The second-order valence-electron chi connectivity index (χ2n) is 4.34. The van der Waals surface area contributed by atoms with E-state index < -0.39 is 0 Å². The standard InChI is InChI=1S/C15H8ClN3S/c16-14-13(17-9-5-1-2-6-10(9)18-14)15-19-11-7-3-4-8-12(11)20-15/h1-8H. The van der Waals surface area contributed by atoms with Gasteiger partial charge in [-0.1, -0.05) is 35.9 Å². The molecule has 20 heavy (non-hydrogen) atoms.